The standard InChI is InChI=1S/C19H25N3O3/c1-12-8-15(4-5-16(12)22-6-7-25-11-17(22)23)21-18(24)19(20)10-13-2-3-14(19)9-13/h4-5,8,13-14H,2-3,6-7,9-11,20H2,1H3,(H,21,24). The van der Waals surface area contributed by atoms with E-state index in [0.29, 0.717) is 25.0 Å². The minimum atomic E-state index is -0.727. The molecule has 3 unspecified atom stereocenters. The normalized spacial score (nSPS) is 31.4. The molecular weight excluding hydrogens is 318 g/mol. The van der Waals surface area contributed by atoms with Crippen LogP contribution in [0.5, 0.6) is 0 Å². The van der Waals surface area contributed by atoms with Crippen molar-refractivity contribution in [2.75, 3.05) is 30.0 Å². The lowest BCUT2D eigenvalue weighted by Gasteiger charge is -2.32. The highest BCUT2D eigenvalue weighted by Crippen LogP contribution is 2.49. The summed E-state index contributed by atoms with van der Waals surface area (Å²) in [6.45, 7) is 3.17. The molecule has 0 spiro atoms. The zero-order valence-corrected chi connectivity index (χ0v) is 14.6. The third-order valence-corrected chi connectivity index (χ3v) is 6.05. The second-order valence-electron chi connectivity index (χ2n) is 7.67. The highest BCUT2D eigenvalue weighted by atomic mass is 16.5. The van der Waals surface area contributed by atoms with Gasteiger partial charge in [-0.3, -0.25) is 9.59 Å². The summed E-state index contributed by atoms with van der Waals surface area (Å²) >= 11 is 0. The Morgan fingerprint density at radius 1 is 1.40 bits per heavy atom. The lowest BCUT2D eigenvalue weighted by atomic mass is 9.81. The number of ether oxygens (including phenoxy) is 1. The third kappa shape index (κ3) is 2.83. The van der Waals surface area contributed by atoms with Gasteiger partial charge in [0.15, 0.2) is 0 Å². The van der Waals surface area contributed by atoms with E-state index in [1.54, 1.807) is 4.90 Å². The van der Waals surface area contributed by atoms with E-state index in [2.05, 4.69) is 5.32 Å². The minimum absolute atomic E-state index is 0.0333. The molecule has 25 heavy (non-hydrogen) atoms. The predicted molar refractivity (Wildman–Crippen MR) is 95.3 cm³/mol. The van der Waals surface area contributed by atoms with Crippen LogP contribution in [0.2, 0.25) is 0 Å². The number of morpholine rings is 1. The molecule has 1 aromatic carbocycles. The Balaban J connectivity index is 1.49. The zero-order valence-electron chi connectivity index (χ0n) is 14.6. The van der Waals surface area contributed by atoms with Gasteiger partial charge in [0.25, 0.3) is 5.91 Å². The Hall–Kier alpha value is -1.92. The first-order valence-electron chi connectivity index (χ1n) is 9.06. The Morgan fingerprint density at radius 3 is 2.88 bits per heavy atom. The molecule has 6 nitrogen and oxygen atoms in total. The van der Waals surface area contributed by atoms with Crippen molar-refractivity contribution in [1.82, 2.24) is 0 Å². The third-order valence-electron chi connectivity index (χ3n) is 6.05. The molecule has 3 N–H and O–H groups in total. The number of fused-ring (bicyclic) bond motifs is 2. The average molecular weight is 343 g/mol. The largest absolute Gasteiger partial charge is 0.370 e. The summed E-state index contributed by atoms with van der Waals surface area (Å²) in [4.78, 5) is 26.5. The number of aryl methyl sites for hydroxylation is 1. The van der Waals surface area contributed by atoms with Crippen LogP contribution in [-0.2, 0) is 14.3 Å². The van der Waals surface area contributed by atoms with Gasteiger partial charge in [0.1, 0.15) is 6.61 Å². The van der Waals surface area contributed by atoms with Crippen LogP contribution in [-0.4, -0.2) is 37.1 Å². The molecule has 0 radical (unpaired) electrons. The SMILES string of the molecule is Cc1cc(NC(=O)C2(N)CC3CCC2C3)ccc1N1CCOCC1=O. The first-order chi connectivity index (χ1) is 12.0. The van der Waals surface area contributed by atoms with E-state index in [0.717, 1.165) is 36.2 Å². The van der Waals surface area contributed by atoms with Gasteiger partial charge in [0.05, 0.1) is 12.1 Å². The second kappa shape index (κ2) is 6.11. The average Bonchev–Trinajstić information content (AvgIpc) is 3.17. The molecule has 1 aromatic rings. The van der Waals surface area contributed by atoms with Crippen molar-refractivity contribution in [3.8, 4) is 0 Å². The zero-order chi connectivity index (χ0) is 17.6. The molecule has 134 valence electrons. The fraction of sp³-hybridized carbons (Fsp3) is 0.579. The van der Waals surface area contributed by atoms with Crippen LogP contribution in [0.25, 0.3) is 0 Å². The molecule has 1 aliphatic heterocycles. The summed E-state index contributed by atoms with van der Waals surface area (Å²) in [6, 6.07) is 5.64. The van der Waals surface area contributed by atoms with Gasteiger partial charge in [0, 0.05) is 17.9 Å². The van der Waals surface area contributed by atoms with Gasteiger partial charge in [-0.2, -0.15) is 0 Å². The summed E-state index contributed by atoms with van der Waals surface area (Å²) in [7, 11) is 0. The summed E-state index contributed by atoms with van der Waals surface area (Å²) < 4.78 is 5.18. The first kappa shape index (κ1) is 16.5. The van der Waals surface area contributed by atoms with E-state index in [-0.39, 0.29) is 18.4 Å². The fourth-order valence-electron chi connectivity index (χ4n) is 4.71. The van der Waals surface area contributed by atoms with Crippen LogP contribution >= 0.6 is 0 Å². The van der Waals surface area contributed by atoms with Crippen LogP contribution in [0.15, 0.2) is 18.2 Å². The van der Waals surface area contributed by atoms with Crippen molar-refractivity contribution < 1.29 is 14.3 Å². The van der Waals surface area contributed by atoms with Crippen molar-refractivity contribution in [2.45, 2.75) is 38.1 Å². The number of benzene rings is 1. The van der Waals surface area contributed by atoms with E-state index in [9.17, 15) is 9.59 Å². The molecular formula is C19H25N3O3. The van der Waals surface area contributed by atoms with E-state index >= 15 is 0 Å². The molecule has 2 saturated carbocycles. The molecule has 1 saturated heterocycles. The number of hydrogen-bond donors (Lipinski definition) is 2. The first-order valence-corrected chi connectivity index (χ1v) is 9.06. The number of carbonyl (C=O) groups excluding carboxylic acids is 2. The van der Waals surface area contributed by atoms with Crippen LogP contribution in [0, 0.1) is 18.8 Å². The van der Waals surface area contributed by atoms with E-state index in [4.69, 9.17) is 10.5 Å². The van der Waals surface area contributed by atoms with Gasteiger partial charge in [-0.05, 0) is 61.8 Å². The molecule has 4 rings (SSSR count). The Kier molecular flexibility index (Phi) is 4.04. The van der Waals surface area contributed by atoms with Gasteiger partial charge >= 0.3 is 0 Å². The fourth-order valence-corrected chi connectivity index (χ4v) is 4.71. The van der Waals surface area contributed by atoms with Gasteiger partial charge in [-0.1, -0.05) is 6.42 Å². The highest BCUT2D eigenvalue weighted by molar-refractivity contribution is 6.00. The number of nitrogens with zero attached hydrogens (tertiary/aromatic N) is 1. The molecule has 3 atom stereocenters. The second-order valence-corrected chi connectivity index (χ2v) is 7.67. The molecule has 2 aliphatic carbocycles. The van der Waals surface area contributed by atoms with Crippen LogP contribution in [0.1, 0.15) is 31.2 Å². The molecule has 2 bridgehead atoms. The minimum Gasteiger partial charge on any atom is -0.370 e. The molecule has 1 heterocycles. The smallest absolute Gasteiger partial charge is 0.253 e. The number of rotatable bonds is 3. The Morgan fingerprint density at radius 2 is 2.24 bits per heavy atom. The molecule has 3 fully saturated rings. The van der Waals surface area contributed by atoms with E-state index in [1.807, 2.05) is 25.1 Å². The summed E-state index contributed by atoms with van der Waals surface area (Å²) in [5.41, 5.74) is 8.29. The maximum atomic E-state index is 12.8. The number of nitrogens with one attached hydrogen (secondary N) is 1. The number of amides is 2. The van der Waals surface area contributed by atoms with Crippen LogP contribution in [0.4, 0.5) is 11.4 Å². The van der Waals surface area contributed by atoms with Gasteiger partial charge in [-0.15, -0.1) is 0 Å². The number of hydrogen-bond acceptors (Lipinski definition) is 4. The van der Waals surface area contributed by atoms with Crippen molar-refractivity contribution in [3.63, 3.8) is 0 Å². The molecule has 6 heteroatoms. The van der Waals surface area contributed by atoms with Crippen molar-refractivity contribution in [3.05, 3.63) is 23.8 Å². The molecule has 0 aromatic heterocycles. The van der Waals surface area contributed by atoms with E-state index in [1.165, 1.54) is 6.42 Å². The summed E-state index contributed by atoms with van der Waals surface area (Å²) in [6.07, 6.45) is 4.15. The number of nitrogens with two attached hydrogens (primary N) is 1. The Labute approximate surface area is 147 Å². The highest BCUT2D eigenvalue weighted by Gasteiger charge is 2.53. The molecule has 3 aliphatic rings. The summed E-state index contributed by atoms with van der Waals surface area (Å²) in [5, 5.41) is 3.00. The van der Waals surface area contributed by atoms with Gasteiger partial charge in [0.2, 0.25) is 5.91 Å². The van der Waals surface area contributed by atoms with Crippen molar-refractivity contribution in [1.29, 1.82) is 0 Å². The Bertz CT molecular complexity index is 720. The maximum Gasteiger partial charge on any atom is 0.253 e. The van der Waals surface area contributed by atoms with Gasteiger partial charge < -0.3 is 20.7 Å². The van der Waals surface area contributed by atoms with Crippen molar-refractivity contribution >= 4 is 23.2 Å². The van der Waals surface area contributed by atoms with Crippen LogP contribution in [0.3, 0.4) is 0 Å². The molecule has 2 amide bonds. The van der Waals surface area contributed by atoms with Crippen LogP contribution < -0.4 is 16.0 Å². The lowest BCUT2D eigenvalue weighted by Crippen LogP contribution is -2.54. The topological polar surface area (TPSA) is 84.7 Å². The monoisotopic (exact) mass is 343 g/mol. The van der Waals surface area contributed by atoms with Crippen molar-refractivity contribution in [2.24, 2.45) is 17.6 Å². The maximum absolute atomic E-state index is 12.8. The quantitative estimate of drug-likeness (QED) is 0.877. The predicted octanol–water partition coefficient (Wildman–Crippen LogP) is 1.81. The lowest BCUT2D eigenvalue weighted by molar-refractivity contribution is -0.125. The van der Waals surface area contributed by atoms with E-state index < -0.39 is 5.54 Å². The van der Waals surface area contributed by atoms with Gasteiger partial charge in [-0.25, -0.2) is 0 Å². The number of anilines is 2. The number of carbonyl (C=O) groups is 2. The summed E-state index contributed by atoms with van der Waals surface area (Å²) in [5.74, 6) is 0.810.